The first-order valence-corrected chi connectivity index (χ1v) is 8.17. The van der Waals surface area contributed by atoms with Crippen molar-refractivity contribution in [1.29, 1.82) is 0 Å². The van der Waals surface area contributed by atoms with Gasteiger partial charge in [0.05, 0.1) is 16.8 Å². The molecule has 0 amide bonds. The first kappa shape index (κ1) is 23.7. The average molecular weight is 439 g/mol. The molecule has 2 rings (SSSR count). The van der Waals surface area contributed by atoms with E-state index in [1.54, 1.807) is 30.3 Å². The van der Waals surface area contributed by atoms with Crippen molar-refractivity contribution in [3.63, 3.8) is 0 Å². The van der Waals surface area contributed by atoms with Crippen molar-refractivity contribution in [2.24, 2.45) is 4.30 Å². The standard InChI is InChI=1S/C8H8BrNO2.C8H9NO2.BHNS/c1-4-2-5(8(11)12)7(10)6(9)3-4;1-5-2-3-7(9)6(4-5)8(10)11;1-2-3/h2-3H,10H2,1H3,(H,11,12);2-4H,9H2,1H3,(H,10,11);3H. The molecule has 0 unspecified atom stereocenters. The van der Waals surface area contributed by atoms with Crippen molar-refractivity contribution in [2.75, 3.05) is 11.5 Å². The van der Waals surface area contributed by atoms with Crippen molar-refractivity contribution >= 4 is 59.7 Å². The van der Waals surface area contributed by atoms with Gasteiger partial charge in [-0.3, -0.25) is 0 Å². The molecule has 0 aromatic heterocycles. The number of rotatable bonds is 2. The van der Waals surface area contributed by atoms with Crippen molar-refractivity contribution in [1.82, 2.24) is 0 Å². The number of carboxylic acid groups (broad SMARTS) is 2. The zero-order chi connectivity index (χ0) is 20.4. The average Bonchev–Trinajstić information content (AvgIpc) is 2.54. The van der Waals surface area contributed by atoms with Crippen molar-refractivity contribution in [3.05, 3.63) is 57.1 Å². The molecule has 0 saturated heterocycles. The molecule has 0 heterocycles. The Morgan fingerprint density at radius 1 is 1.04 bits per heavy atom. The van der Waals surface area contributed by atoms with Gasteiger partial charge in [-0.1, -0.05) is 11.6 Å². The number of halogens is 1. The number of nitrogens with zero attached hydrogens (tertiary/aromatic N) is 1. The Balaban J connectivity index is 0.000000419. The van der Waals surface area contributed by atoms with Crippen LogP contribution in [0, 0.1) is 13.8 Å². The van der Waals surface area contributed by atoms with Gasteiger partial charge in [-0.15, -0.1) is 0 Å². The summed E-state index contributed by atoms with van der Waals surface area (Å²) in [5, 5.41) is 17.3. The fraction of sp³-hybridized carbons (Fsp3) is 0.125. The molecule has 0 fully saturated rings. The van der Waals surface area contributed by atoms with Crippen molar-refractivity contribution in [3.8, 4) is 0 Å². The Morgan fingerprint density at radius 3 is 1.92 bits per heavy atom. The molecule has 2 aromatic carbocycles. The zero-order valence-electron chi connectivity index (χ0n) is 14.1. The first-order chi connectivity index (χ1) is 12.0. The molecule has 1 radical (unpaired) electrons. The van der Waals surface area contributed by atoms with Crippen LogP contribution in [0.5, 0.6) is 0 Å². The van der Waals surface area contributed by atoms with Gasteiger partial charge in [0.1, 0.15) is 0 Å². The Hall–Kier alpha value is -2.33. The number of thiol groups is 1. The van der Waals surface area contributed by atoms with Crippen LogP contribution in [0.1, 0.15) is 31.8 Å². The van der Waals surface area contributed by atoms with Crippen LogP contribution in [0.4, 0.5) is 11.4 Å². The van der Waals surface area contributed by atoms with Gasteiger partial charge in [-0.05, 0) is 59.6 Å². The third-order valence-electron chi connectivity index (χ3n) is 2.94. The summed E-state index contributed by atoms with van der Waals surface area (Å²) in [5.74, 6) is -1.98. The van der Waals surface area contributed by atoms with Gasteiger partial charge >= 0.3 is 36.7 Å². The third-order valence-corrected chi connectivity index (χ3v) is 3.60. The van der Waals surface area contributed by atoms with Gasteiger partial charge in [0.2, 0.25) is 0 Å². The van der Waals surface area contributed by atoms with E-state index in [0.29, 0.717) is 10.2 Å². The van der Waals surface area contributed by atoms with E-state index in [-0.39, 0.29) is 16.8 Å². The van der Waals surface area contributed by atoms with E-state index < -0.39 is 11.9 Å². The molecule has 2 aromatic rings. The predicted octanol–water partition coefficient (Wildman–Crippen LogP) is 3.50. The molecular weight excluding hydrogens is 421 g/mol. The monoisotopic (exact) mass is 438 g/mol. The second kappa shape index (κ2) is 11.3. The minimum atomic E-state index is -1.00. The molecule has 26 heavy (non-hydrogen) atoms. The number of nitrogens with two attached hydrogens (primary N) is 2. The van der Waals surface area contributed by atoms with E-state index >= 15 is 0 Å². The van der Waals surface area contributed by atoms with Crippen LogP contribution in [0.25, 0.3) is 0 Å². The molecule has 0 aliphatic rings. The second-order valence-corrected chi connectivity index (χ2v) is 6.11. The minimum absolute atomic E-state index is 0.141. The van der Waals surface area contributed by atoms with Gasteiger partial charge in [0.25, 0.3) is 0 Å². The summed E-state index contributed by atoms with van der Waals surface area (Å²) < 4.78 is 3.32. The molecule has 6 N–H and O–H groups in total. The molecule has 0 spiro atoms. The molecular formula is C16H18BBrN3O4S. The first-order valence-electron chi connectivity index (χ1n) is 6.97. The van der Waals surface area contributed by atoms with E-state index in [0.717, 1.165) is 11.1 Å². The van der Waals surface area contributed by atoms with Crippen LogP contribution >= 0.6 is 28.7 Å². The molecule has 0 saturated carbocycles. The van der Waals surface area contributed by atoms with Crippen LogP contribution < -0.4 is 11.5 Å². The maximum absolute atomic E-state index is 10.6. The fourth-order valence-corrected chi connectivity index (χ4v) is 2.36. The molecule has 0 bridgehead atoms. The Kier molecular flexibility index (Phi) is 10.3. The van der Waals surface area contributed by atoms with Crippen molar-refractivity contribution in [2.45, 2.75) is 13.8 Å². The maximum atomic E-state index is 10.6. The van der Waals surface area contributed by atoms with Crippen LogP contribution in [0.15, 0.2) is 39.1 Å². The number of carbonyl (C=O) groups is 2. The SMILES string of the molecule is Cc1cc(Br)c(N)c(C(=O)O)c1.Cc1ccc(N)c(C(=O)O)c1.[B]=NS. The Morgan fingerprint density at radius 2 is 1.50 bits per heavy atom. The predicted molar refractivity (Wildman–Crippen MR) is 110 cm³/mol. The van der Waals surface area contributed by atoms with Crippen LogP contribution in [-0.4, -0.2) is 29.8 Å². The molecule has 0 atom stereocenters. The van der Waals surface area contributed by atoms with Gasteiger partial charge in [-0.25, -0.2) is 9.59 Å². The van der Waals surface area contributed by atoms with Crippen molar-refractivity contribution < 1.29 is 19.8 Å². The van der Waals surface area contributed by atoms with Gasteiger partial charge < -0.3 is 21.7 Å². The Bertz CT molecular complexity index is 818. The summed E-state index contributed by atoms with van der Waals surface area (Å²) in [6.45, 7) is 3.64. The number of anilines is 2. The summed E-state index contributed by atoms with van der Waals surface area (Å²) in [4.78, 5) is 21.1. The Labute approximate surface area is 166 Å². The van der Waals surface area contributed by atoms with Gasteiger partial charge in [0.15, 0.2) is 0 Å². The quantitative estimate of drug-likeness (QED) is 0.276. The van der Waals surface area contributed by atoms with Gasteiger partial charge in [-0.2, -0.15) is 0 Å². The number of hydrogen-bond donors (Lipinski definition) is 5. The van der Waals surface area contributed by atoms with E-state index in [2.05, 4.69) is 40.7 Å². The molecule has 0 aliphatic carbocycles. The zero-order valence-corrected chi connectivity index (χ0v) is 16.6. The number of nitrogen functional groups attached to an aromatic ring is 2. The number of hydrogen-bond acceptors (Lipinski definition) is 6. The van der Waals surface area contributed by atoms with E-state index in [1.807, 2.05) is 13.8 Å². The molecule has 0 aliphatic heterocycles. The summed E-state index contributed by atoms with van der Waals surface area (Å²) in [7, 11) is 4.34. The topological polar surface area (TPSA) is 139 Å². The van der Waals surface area contributed by atoms with E-state index in [4.69, 9.17) is 21.7 Å². The van der Waals surface area contributed by atoms with Crippen LogP contribution in [0.3, 0.4) is 0 Å². The van der Waals surface area contributed by atoms with Crippen LogP contribution in [-0.2, 0) is 0 Å². The van der Waals surface area contributed by atoms with Gasteiger partial charge in [0, 0.05) is 10.2 Å². The molecule has 10 heteroatoms. The van der Waals surface area contributed by atoms with Crippen LogP contribution in [0.2, 0.25) is 0 Å². The summed E-state index contributed by atoms with van der Waals surface area (Å²) in [6, 6.07) is 8.25. The van der Waals surface area contributed by atoms with E-state index in [1.165, 1.54) is 0 Å². The number of benzene rings is 2. The summed E-state index contributed by atoms with van der Waals surface area (Å²) in [5.41, 5.74) is 13.6. The summed E-state index contributed by atoms with van der Waals surface area (Å²) >= 11 is 6.37. The number of aryl methyl sites for hydroxylation is 2. The molecule has 7 nitrogen and oxygen atoms in total. The normalized spacial score (nSPS) is 9.04. The number of aromatic carboxylic acids is 2. The third kappa shape index (κ3) is 7.71. The second-order valence-electron chi connectivity index (χ2n) is 5.02. The summed E-state index contributed by atoms with van der Waals surface area (Å²) in [6.07, 6.45) is 0. The molecule has 137 valence electrons. The number of carboxylic acids is 2. The fourth-order valence-electron chi connectivity index (χ4n) is 1.79. The van der Waals surface area contributed by atoms with E-state index in [9.17, 15) is 9.59 Å².